The number of hydrogen-bond donors (Lipinski definition) is 2. The molecule has 2 aromatic rings. The number of primary amides is 1. The summed E-state index contributed by atoms with van der Waals surface area (Å²) in [6, 6.07) is 4.99. The highest BCUT2D eigenvalue weighted by molar-refractivity contribution is 6.30. The Hall–Kier alpha value is -2.74. The zero-order valence-corrected chi connectivity index (χ0v) is 11.7. The molecule has 2 rings (SSSR count). The molecule has 0 aliphatic heterocycles. The molecule has 1 heterocycles. The van der Waals surface area contributed by atoms with Crippen LogP contribution in [0.3, 0.4) is 0 Å². The second kappa shape index (κ2) is 6.35. The molecular weight excluding hydrogens is 315 g/mol. The van der Waals surface area contributed by atoms with Crippen LogP contribution in [0.25, 0.3) is 0 Å². The average Bonchev–Trinajstić information content (AvgIpc) is 2.46. The number of rotatable bonds is 5. The number of pyridine rings is 1. The third kappa shape index (κ3) is 3.47. The number of amides is 1. The van der Waals surface area contributed by atoms with Crippen LogP contribution in [0.1, 0.15) is 11.6 Å². The highest BCUT2D eigenvalue weighted by atomic mass is 35.5. The third-order valence-corrected chi connectivity index (χ3v) is 3.01. The van der Waals surface area contributed by atoms with Gasteiger partial charge in [0.1, 0.15) is 11.9 Å². The van der Waals surface area contributed by atoms with Crippen molar-refractivity contribution in [3.63, 3.8) is 0 Å². The molecule has 0 saturated heterocycles. The number of nitrogens with two attached hydrogens (primary N) is 1. The normalized spacial score (nSPS) is 11.7. The van der Waals surface area contributed by atoms with Gasteiger partial charge in [-0.3, -0.25) is 14.9 Å². The minimum Gasteiger partial charge on any atom is -0.368 e. The van der Waals surface area contributed by atoms with E-state index in [1.54, 1.807) is 0 Å². The first-order chi connectivity index (χ1) is 10.4. The van der Waals surface area contributed by atoms with Crippen LogP contribution in [0.15, 0.2) is 36.5 Å². The lowest BCUT2D eigenvalue weighted by molar-refractivity contribution is -0.384. The highest BCUT2D eigenvalue weighted by Crippen LogP contribution is 2.28. The van der Waals surface area contributed by atoms with Crippen molar-refractivity contribution >= 4 is 29.0 Å². The first-order valence-corrected chi connectivity index (χ1v) is 6.37. The van der Waals surface area contributed by atoms with Gasteiger partial charge >= 0.3 is 5.69 Å². The van der Waals surface area contributed by atoms with E-state index in [4.69, 9.17) is 17.3 Å². The number of carbonyl (C=O) groups excluding carboxylic acids is 1. The van der Waals surface area contributed by atoms with Crippen LogP contribution in [-0.4, -0.2) is 15.8 Å². The molecule has 0 saturated carbocycles. The van der Waals surface area contributed by atoms with E-state index in [1.165, 1.54) is 18.3 Å². The van der Waals surface area contributed by atoms with Crippen LogP contribution in [0, 0.1) is 15.9 Å². The number of aromatic nitrogens is 1. The Morgan fingerprint density at radius 3 is 2.59 bits per heavy atom. The molecule has 7 nitrogen and oxygen atoms in total. The van der Waals surface area contributed by atoms with Gasteiger partial charge in [-0.05, 0) is 17.7 Å². The Morgan fingerprint density at radius 2 is 2.05 bits per heavy atom. The zero-order valence-electron chi connectivity index (χ0n) is 11.0. The molecule has 0 aliphatic carbocycles. The summed E-state index contributed by atoms with van der Waals surface area (Å²) in [7, 11) is 0. The van der Waals surface area contributed by atoms with Crippen molar-refractivity contribution in [2.75, 3.05) is 5.32 Å². The summed E-state index contributed by atoms with van der Waals surface area (Å²) in [6.07, 6.45) is 1.19. The van der Waals surface area contributed by atoms with Gasteiger partial charge in [-0.1, -0.05) is 23.7 Å². The van der Waals surface area contributed by atoms with Crippen molar-refractivity contribution in [3.8, 4) is 0 Å². The molecule has 1 aromatic carbocycles. The summed E-state index contributed by atoms with van der Waals surface area (Å²) >= 11 is 5.67. The van der Waals surface area contributed by atoms with E-state index in [2.05, 4.69) is 10.3 Å². The maximum Gasteiger partial charge on any atom is 0.312 e. The fourth-order valence-corrected chi connectivity index (χ4v) is 1.94. The van der Waals surface area contributed by atoms with E-state index in [-0.39, 0.29) is 10.8 Å². The van der Waals surface area contributed by atoms with Gasteiger partial charge in [0, 0.05) is 12.3 Å². The summed E-state index contributed by atoms with van der Waals surface area (Å²) in [6.45, 7) is 0. The lowest BCUT2D eigenvalue weighted by atomic mass is 10.1. The molecule has 0 unspecified atom stereocenters. The maximum atomic E-state index is 12.9. The Kier molecular flexibility index (Phi) is 4.52. The first-order valence-electron chi connectivity index (χ1n) is 5.99. The number of nitrogens with zero attached hydrogens (tertiary/aromatic N) is 2. The lowest BCUT2D eigenvalue weighted by Crippen LogP contribution is -2.28. The fourth-order valence-electron chi connectivity index (χ4n) is 1.79. The Balaban J connectivity index is 2.39. The van der Waals surface area contributed by atoms with Gasteiger partial charge < -0.3 is 11.1 Å². The van der Waals surface area contributed by atoms with Crippen molar-refractivity contribution < 1.29 is 14.1 Å². The van der Waals surface area contributed by atoms with Gasteiger partial charge in [-0.25, -0.2) is 9.37 Å². The summed E-state index contributed by atoms with van der Waals surface area (Å²) in [5.74, 6) is -1.44. The molecule has 0 aliphatic rings. The fraction of sp³-hybridized carbons (Fsp3) is 0.0769. The van der Waals surface area contributed by atoms with Crippen molar-refractivity contribution in [2.24, 2.45) is 5.73 Å². The number of nitrogens with one attached hydrogen (secondary N) is 1. The molecule has 22 heavy (non-hydrogen) atoms. The summed E-state index contributed by atoms with van der Waals surface area (Å²) in [4.78, 5) is 25.7. The standard InChI is InChI=1S/C13H10ClFN4O3/c14-8-5-10(19(21)22)13(17-6-8)18-11(12(16)20)7-1-3-9(15)4-2-7/h1-6,11H,(H2,16,20)(H,17,18)/t11-/m1/s1. The summed E-state index contributed by atoms with van der Waals surface area (Å²) in [5.41, 5.74) is 5.24. The number of carbonyl (C=O) groups is 1. The van der Waals surface area contributed by atoms with Gasteiger partial charge in [0.05, 0.1) is 9.95 Å². The maximum absolute atomic E-state index is 12.9. The second-order valence-corrected chi connectivity index (χ2v) is 4.75. The van der Waals surface area contributed by atoms with Gasteiger partial charge in [0.15, 0.2) is 0 Å². The van der Waals surface area contributed by atoms with Crippen molar-refractivity contribution in [1.29, 1.82) is 0 Å². The van der Waals surface area contributed by atoms with E-state index in [9.17, 15) is 19.3 Å². The van der Waals surface area contributed by atoms with Crippen LogP contribution in [0.2, 0.25) is 5.02 Å². The van der Waals surface area contributed by atoms with Crippen LogP contribution < -0.4 is 11.1 Å². The first kappa shape index (κ1) is 15.6. The summed E-state index contributed by atoms with van der Waals surface area (Å²) in [5, 5.41) is 13.7. The van der Waals surface area contributed by atoms with Gasteiger partial charge in [0.25, 0.3) is 0 Å². The van der Waals surface area contributed by atoms with Crippen molar-refractivity contribution in [1.82, 2.24) is 4.98 Å². The second-order valence-electron chi connectivity index (χ2n) is 4.31. The minimum atomic E-state index is -1.10. The predicted octanol–water partition coefficient (Wildman–Crippen LogP) is 2.42. The van der Waals surface area contributed by atoms with Gasteiger partial charge in [0.2, 0.25) is 11.7 Å². The number of anilines is 1. The lowest BCUT2D eigenvalue weighted by Gasteiger charge is -2.16. The largest absolute Gasteiger partial charge is 0.368 e. The quantitative estimate of drug-likeness (QED) is 0.648. The number of halogens is 2. The molecule has 1 atom stereocenters. The van der Waals surface area contributed by atoms with E-state index >= 15 is 0 Å². The molecule has 0 fully saturated rings. The molecule has 1 amide bonds. The van der Waals surface area contributed by atoms with Crippen molar-refractivity contribution in [3.05, 3.63) is 63.0 Å². The van der Waals surface area contributed by atoms with E-state index in [0.717, 1.165) is 18.2 Å². The third-order valence-electron chi connectivity index (χ3n) is 2.80. The molecular formula is C13H10ClFN4O3. The van der Waals surface area contributed by atoms with Crippen LogP contribution in [0.4, 0.5) is 15.9 Å². The Labute approximate surface area is 129 Å². The Bertz CT molecular complexity index is 724. The average molecular weight is 325 g/mol. The number of hydrogen-bond acceptors (Lipinski definition) is 5. The van der Waals surface area contributed by atoms with Crippen LogP contribution >= 0.6 is 11.6 Å². The minimum absolute atomic E-state index is 0.0784. The van der Waals surface area contributed by atoms with Crippen LogP contribution in [0.5, 0.6) is 0 Å². The zero-order chi connectivity index (χ0) is 16.3. The predicted molar refractivity (Wildman–Crippen MR) is 77.9 cm³/mol. The van der Waals surface area contributed by atoms with Gasteiger partial charge in [-0.15, -0.1) is 0 Å². The van der Waals surface area contributed by atoms with E-state index in [1.807, 2.05) is 0 Å². The smallest absolute Gasteiger partial charge is 0.312 e. The highest BCUT2D eigenvalue weighted by Gasteiger charge is 2.23. The molecule has 3 N–H and O–H groups in total. The van der Waals surface area contributed by atoms with Crippen LogP contribution in [-0.2, 0) is 4.79 Å². The monoisotopic (exact) mass is 324 g/mol. The Morgan fingerprint density at radius 1 is 1.41 bits per heavy atom. The molecule has 0 spiro atoms. The molecule has 0 bridgehead atoms. The molecule has 0 radical (unpaired) electrons. The van der Waals surface area contributed by atoms with E-state index in [0.29, 0.717) is 5.56 Å². The molecule has 1 aromatic heterocycles. The topological polar surface area (TPSA) is 111 Å². The number of nitro groups is 1. The van der Waals surface area contributed by atoms with Gasteiger partial charge in [-0.2, -0.15) is 0 Å². The SMILES string of the molecule is NC(=O)[C@H](Nc1ncc(Cl)cc1[N+](=O)[O-])c1ccc(F)cc1. The molecule has 114 valence electrons. The van der Waals surface area contributed by atoms with E-state index < -0.39 is 28.4 Å². The van der Waals surface area contributed by atoms with Crippen molar-refractivity contribution in [2.45, 2.75) is 6.04 Å². The molecule has 9 heteroatoms. The number of benzene rings is 1. The summed E-state index contributed by atoms with van der Waals surface area (Å²) < 4.78 is 12.9.